The maximum atomic E-state index is 12.9. The van der Waals surface area contributed by atoms with Crippen LogP contribution in [-0.2, 0) is 0 Å². The fraction of sp³-hybridized carbons (Fsp3) is 0.238. The van der Waals surface area contributed by atoms with E-state index in [0.717, 1.165) is 42.5 Å². The summed E-state index contributed by atoms with van der Waals surface area (Å²) in [5.74, 6) is -0.267. The Morgan fingerprint density at radius 1 is 1.20 bits per heavy atom. The molecule has 5 rings (SSSR count). The van der Waals surface area contributed by atoms with E-state index in [0.29, 0.717) is 16.5 Å². The van der Waals surface area contributed by atoms with Crippen LogP contribution in [0.15, 0.2) is 54.3 Å². The predicted molar refractivity (Wildman–Crippen MR) is 118 cm³/mol. The fourth-order valence-electron chi connectivity index (χ4n) is 3.62. The van der Waals surface area contributed by atoms with E-state index in [1.807, 2.05) is 36.5 Å². The van der Waals surface area contributed by atoms with E-state index in [4.69, 9.17) is 5.73 Å². The molecule has 0 radical (unpaired) electrons. The maximum absolute atomic E-state index is 12.9. The minimum atomic E-state index is -0.267. The number of amides is 1. The first-order valence-electron chi connectivity index (χ1n) is 9.83. The van der Waals surface area contributed by atoms with Crippen LogP contribution in [0.5, 0.6) is 0 Å². The number of nitrogens with zero attached hydrogens (tertiary/aromatic N) is 5. The van der Waals surface area contributed by atoms with Crippen LogP contribution in [-0.4, -0.2) is 44.8 Å². The van der Waals surface area contributed by atoms with Crippen LogP contribution in [0.25, 0.3) is 16.0 Å². The minimum absolute atomic E-state index is 0.244. The van der Waals surface area contributed by atoms with Crippen molar-refractivity contribution in [2.45, 2.75) is 18.9 Å². The highest BCUT2D eigenvalue weighted by molar-refractivity contribution is 7.12. The van der Waals surface area contributed by atoms with E-state index < -0.39 is 0 Å². The van der Waals surface area contributed by atoms with Gasteiger partial charge in [-0.3, -0.25) is 9.78 Å². The lowest BCUT2D eigenvalue weighted by Crippen LogP contribution is -2.40. The Morgan fingerprint density at radius 2 is 2.03 bits per heavy atom. The van der Waals surface area contributed by atoms with Crippen molar-refractivity contribution in [3.05, 3.63) is 60.0 Å². The van der Waals surface area contributed by atoms with Crippen molar-refractivity contribution in [1.82, 2.24) is 19.7 Å². The van der Waals surface area contributed by atoms with Crippen molar-refractivity contribution in [1.29, 1.82) is 0 Å². The normalized spacial score (nSPS) is 14.9. The number of anilines is 2. The van der Waals surface area contributed by atoms with Gasteiger partial charge in [0.2, 0.25) is 5.13 Å². The molecule has 3 N–H and O–H groups in total. The smallest absolute Gasteiger partial charge is 0.275 e. The number of aromatic nitrogens is 4. The van der Waals surface area contributed by atoms with Crippen LogP contribution < -0.4 is 16.0 Å². The molecular formula is C21H21N7OS. The van der Waals surface area contributed by atoms with E-state index in [1.165, 1.54) is 11.3 Å². The van der Waals surface area contributed by atoms with Crippen molar-refractivity contribution >= 4 is 39.5 Å². The molecule has 0 atom stereocenters. The van der Waals surface area contributed by atoms with Gasteiger partial charge in [-0.1, -0.05) is 18.2 Å². The second-order valence-electron chi connectivity index (χ2n) is 7.32. The summed E-state index contributed by atoms with van der Waals surface area (Å²) in [7, 11) is 0. The highest BCUT2D eigenvalue weighted by Crippen LogP contribution is 2.28. The second-order valence-corrected chi connectivity index (χ2v) is 8.16. The molecule has 0 unspecified atom stereocenters. The molecule has 0 saturated carbocycles. The lowest BCUT2D eigenvalue weighted by atomic mass is 10.1. The number of nitrogens with one attached hydrogen (secondary N) is 1. The third kappa shape index (κ3) is 3.64. The molecule has 4 heterocycles. The number of carbonyl (C=O) groups is 1. The van der Waals surface area contributed by atoms with Crippen LogP contribution in [0.3, 0.4) is 0 Å². The third-order valence-corrected chi connectivity index (χ3v) is 6.09. The number of nitrogens with two attached hydrogens (primary N) is 1. The summed E-state index contributed by atoms with van der Waals surface area (Å²) in [5.41, 5.74) is 8.90. The maximum Gasteiger partial charge on any atom is 0.275 e. The van der Waals surface area contributed by atoms with Crippen LogP contribution in [0.2, 0.25) is 0 Å². The number of hydrogen-bond donors (Lipinski definition) is 2. The van der Waals surface area contributed by atoms with E-state index >= 15 is 0 Å². The highest BCUT2D eigenvalue weighted by Gasteiger charge is 2.20. The Morgan fingerprint density at radius 3 is 2.87 bits per heavy atom. The Balaban J connectivity index is 1.35. The monoisotopic (exact) mass is 419 g/mol. The molecule has 1 saturated heterocycles. The average molecular weight is 420 g/mol. The summed E-state index contributed by atoms with van der Waals surface area (Å²) in [4.78, 5) is 23.8. The lowest BCUT2D eigenvalue weighted by Gasteiger charge is -2.33. The highest BCUT2D eigenvalue weighted by atomic mass is 32.1. The van der Waals surface area contributed by atoms with Gasteiger partial charge < -0.3 is 16.0 Å². The number of pyridine rings is 1. The van der Waals surface area contributed by atoms with Gasteiger partial charge in [0.05, 0.1) is 23.1 Å². The molecule has 1 fully saturated rings. The van der Waals surface area contributed by atoms with E-state index in [2.05, 4.69) is 25.3 Å². The Labute approximate surface area is 177 Å². The Bertz CT molecular complexity index is 1160. The number of benzene rings is 1. The zero-order chi connectivity index (χ0) is 20.5. The van der Waals surface area contributed by atoms with Crippen molar-refractivity contribution in [3.63, 3.8) is 0 Å². The molecule has 152 valence electrons. The molecule has 1 amide bonds. The summed E-state index contributed by atoms with van der Waals surface area (Å²) in [6.45, 7) is 1.73. The number of carbonyl (C=O) groups excluding carboxylic acids is 1. The topological polar surface area (TPSA) is 102 Å². The molecule has 1 aliphatic rings. The first kappa shape index (κ1) is 18.7. The Kier molecular flexibility index (Phi) is 4.89. The van der Waals surface area contributed by atoms with Crippen molar-refractivity contribution in [3.8, 4) is 5.13 Å². The minimum Gasteiger partial charge on any atom is -0.370 e. The molecule has 30 heavy (non-hydrogen) atoms. The zero-order valence-corrected chi connectivity index (χ0v) is 17.0. The fourth-order valence-corrected chi connectivity index (χ4v) is 4.35. The summed E-state index contributed by atoms with van der Waals surface area (Å²) in [5, 5.41) is 10.9. The molecule has 3 aromatic heterocycles. The summed E-state index contributed by atoms with van der Waals surface area (Å²) >= 11 is 1.38. The molecule has 9 heteroatoms. The zero-order valence-electron chi connectivity index (χ0n) is 16.2. The predicted octanol–water partition coefficient (Wildman–Crippen LogP) is 3.06. The van der Waals surface area contributed by atoms with Crippen LogP contribution in [0, 0.1) is 0 Å². The van der Waals surface area contributed by atoms with Crippen LogP contribution in [0.4, 0.5) is 11.4 Å². The molecule has 8 nitrogen and oxygen atoms in total. The van der Waals surface area contributed by atoms with Crippen LogP contribution >= 0.6 is 11.3 Å². The van der Waals surface area contributed by atoms with E-state index in [-0.39, 0.29) is 11.9 Å². The molecule has 0 bridgehead atoms. The number of piperidine rings is 1. The quantitative estimate of drug-likeness (QED) is 0.527. The number of rotatable bonds is 4. The Hall–Kier alpha value is -3.30. The standard InChI is InChI=1S/C21H21N7OS/c22-15-6-9-27(10-7-15)19-5-8-23-11-17(19)24-20(29)18-13-30-21(25-18)28-12-14-3-1-2-4-16(14)26-28/h1-5,8,11-13,15H,6-7,9-10,22H2,(H,24,29). The molecule has 1 aliphatic heterocycles. The summed E-state index contributed by atoms with van der Waals surface area (Å²) in [6.07, 6.45) is 7.20. The lowest BCUT2D eigenvalue weighted by molar-refractivity contribution is 0.102. The van der Waals surface area contributed by atoms with E-state index in [1.54, 1.807) is 22.5 Å². The van der Waals surface area contributed by atoms with Crippen molar-refractivity contribution in [2.24, 2.45) is 5.73 Å². The first-order valence-corrected chi connectivity index (χ1v) is 10.7. The molecule has 0 aliphatic carbocycles. The number of thiazole rings is 1. The molecule has 0 spiro atoms. The van der Waals surface area contributed by atoms with Gasteiger partial charge in [-0.2, -0.15) is 5.10 Å². The van der Waals surface area contributed by atoms with Gasteiger partial charge in [-0.25, -0.2) is 9.67 Å². The third-order valence-electron chi connectivity index (χ3n) is 5.26. The molecule has 4 aromatic rings. The van der Waals surface area contributed by atoms with Gasteiger partial charge in [-0.15, -0.1) is 11.3 Å². The molecular weight excluding hydrogens is 398 g/mol. The van der Waals surface area contributed by atoms with Crippen molar-refractivity contribution in [2.75, 3.05) is 23.3 Å². The summed E-state index contributed by atoms with van der Waals surface area (Å²) < 4.78 is 1.71. The average Bonchev–Trinajstić information content (AvgIpc) is 3.42. The van der Waals surface area contributed by atoms with Gasteiger partial charge in [0.25, 0.3) is 5.91 Å². The van der Waals surface area contributed by atoms with Gasteiger partial charge in [0.15, 0.2) is 0 Å². The number of hydrogen-bond acceptors (Lipinski definition) is 7. The van der Waals surface area contributed by atoms with Gasteiger partial charge in [0.1, 0.15) is 5.69 Å². The largest absolute Gasteiger partial charge is 0.370 e. The van der Waals surface area contributed by atoms with Gasteiger partial charge in [-0.05, 0) is 25.0 Å². The molecule has 1 aromatic carbocycles. The van der Waals surface area contributed by atoms with Gasteiger partial charge in [0, 0.05) is 42.3 Å². The van der Waals surface area contributed by atoms with Crippen molar-refractivity contribution < 1.29 is 4.79 Å². The first-order chi connectivity index (χ1) is 14.7. The van der Waals surface area contributed by atoms with Crippen LogP contribution in [0.1, 0.15) is 23.3 Å². The number of fused-ring (bicyclic) bond motifs is 1. The SMILES string of the molecule is NC1CCN(c2ccncc2NC(=O)c2csc(-n3cc4ccccc4n3)n2)CC1. The van der Waals surface area contributed by atoms with Gasteiger partial charge >= 0.3 is 0 Å². The summed E-state index contributed by atoms with van der Waals surface area (Å²) in [6, 6.07) is 10.0. The second kappa shape index (κ2) is 7.85. The van der Waals surface area contributed by atoms with E-state index in [9.17, 15) is 4.79 Å².